The summed E-state index contributed by atoms with van der Waals surface area (Å²) in [5.74, 6) is -2.57. The number of hydrogen-bond acceptors (Lipinski definition) is 3. The lowest BCUT2D eigenvalue weighted by molar-refractivity contribution is 0.0817. The van der Waals surface area contributed by atoms with Crippen LogP contribution in [0.4, 0.5) is 0 Å². The van der Waals surface area contributed by atoms with Gasteiger partial charge in [-0.3, -0.25) is 14.2 Å². The van der Waals surface area contributed by atoms with Crippen LogP contribution in [0, 0.1) is 19.8 Å². The average Bonchev–Trinajstić information content (AvgIpc) is 2.52. The number of hydrogen-bond donors (Lipinski definition) is 2. The second-order valence-electron chi connectivity index (χ2n) is 5.86. The lowest BCUT2D eigenvalue weighted by atomic mass is 9.91. The molecule has 2 aromatic carbocycles. The molecule has 2 rings (SSSR count). The first-order chi connectivity index (χ1) is 11.2. The average molecular weight is 346 g/mol. The third-order valence-electron chi connectivity index (χ3n) is 3.73. The molecule has 0 spiro atoms. The highest BCUT2D eigenvalue weighted by Crippen LogP contribution is 2.38. The minimum absolute atomic E-state index is 0.263. The first-order valence-electron chi connectivity index (χ1n) is 7.44. The molecule has 2 N–H and O–H groups in total. The molecule has 0 radical (unpaired) electrons. The summed E-state index contributed by atoms with van der Waals surface area (Å²) in [6.45, 7) is 3.72. The second-order valence-corrected chi connectivity index (χ2v) is 7.55. The maximum atomic E-state index is 12.7. The molecule has 0 heterocycles. The summed E-state index contributed by atoms with van der Waals surface area (Å²) in [5.41, 5.74) is 2.42. The van der Waals surface area contributed by atoms with Crippen LogP contribution in [0.5, 0.6) is 0 Å². The molecule has 0 fully saturated rings. The summed E-state index contributed by atoms with van der Waals surface area (Å²) < 4.78 is 11.4. The second kappa shape index (κ2) is 7.22. The van der Waals surface area contributed by atoms with E-state index in [4.69, 9.17) is 0 Å². The largest absolute Gasteiger partial charge is 0.326 e. The van der Waals surface area contributed by atoms with Gasteiger partial charge in [-0.15, -0.1) is 0 Å². The normalized spacial score (nSPS) is 11.5. The van der Waals surface area contributed by atoms with Gasteiger partial charge in [0, 0.05) is 11.1 Å². The number of carbonyl (C=O) groups excluding carboxylic acids is 2. The third kappa shape index (κ3) is 4.71. The Morgan fingerprint density at radius 1 is 0.833 bits per heavy atom. The van der Waals surface area contributed by atoms with Gasteiger partial charge in [-0.1, -0.05) is 59.7 Å². The molecule has 0 saturated carbocycles. The van der Waals surface area contributed by atoms with Crippen LogP contribution < -0.4 is 0 Å². The molecule has 0 atom stereocenters. The highest BCUT2D eigenvalue weighted by Gasteiger charge is 2.34. The Morgan fingerprint density at radius 2 is 1.17 bits per heavy atom. The zero-order valence-corrected chi connectivity index (χ0v) is 14.4. The van der Waals surface area contributed by atoms with Crippen LogP contribution in [0.1, 0.15) is 31.8 Å². The quantitative estimate of drug-likeness (QED) is 0.476. The Bertz CT molecular complexity index is 730. The monoisotopic (exact) mass is 346 g/mol. The Hall–Kier alpha value is -2.07. The molecule has 0 saturated heterocycles. The van der Waals surface area contributed by atoms with Crippen LogP contribution in [0.2, 0.25) is 0 Å². The predicted molar refractivity (Wildman–Crippen MR) is 91.4 cm³/mol. The summed E-state index contributed by atoms with van der Waals surface area (Å²) >= 11 is 0. The van der Waals surface area contributed by atoms with E-state index < -0.39 is 31.2 Å². The molecule has 0 aliphatic rings. The van der Waals surface area contributed by atoms with Crippen molar-refractivity contribution in [1.82, 2.24) is 0 Å². The van der Waals surface area contributed by atoms with Crippen LogP contribution in [0.15, 0.2) is 48.5 Å². The van der Waals surface area contributed by atoms with Crippen LogP contribution >= 0.6 is 7.60 Å². The Kier molecular flexibility index (Phi) is 5.50. The number of ketones is 2. The van der Waals surface area contributed by atoms with Gasteiger partial charge in [0.15, 0.2) is 11.6 Å². The lowest BCUT2D eigenvalue weighted by Gasteiger charge is -2.16. The van der Waals surface area contributed by atoms with Crippen molar-refractivity contribution in [2.45, 2.75) is 13.8 Å². The molecule has 0 aliphatic heterocycles. The van der Waals surface area contributed by atoms with Gasteiger partial charge in [0.05, 0.1) is 12.1 Å². The van der Waals surface area contributed by atoms with Crippen LogP contribution in [0.25, 0.3) is 0 Å². The zero-order chi connectivity index (χ0) is 17.9. The first-order valence-corrected chi connectivity index (χ1v) is 9.23. The molecule has 0 bridgehead atoms. The van der Waals surface area contributed by atoms with Gasteiger partial charge >= 0.3 is 7.60 Å². The van der Waals surface area contributed by atoms with E-state index in [0.29, 0.717) is 0 Å². The zero-order valence-electron chi connectivity index (χ0n) is 13.5. The Balaban J connectivity index is 2.38. The molecule has 0 amide bonds. The highest BCUT2D eigenvalue weighted by molar-refractivity contribution is 7.51. The standard InChI is InChI=1S/C18H19O5P/c1-12-3-7-14(8-4-12)17(19)16(11-24(21,22)23)18(20)15-9-5-13(2)6-10-15/h3-10,16H,11H2,1-2H3,(H2,21,22,23). The number of rotatable bonds is 6. The molecule has 2 aromatic rings. The Labute approximate surface area is 140 Å². The van der Waals surface area contributed by atoms with Crippen molar-refractivity contribution >= 4 is 19.2 Å². The molecule has 126 valence electrons. The maximum Gasteiger partial charge on any atom is 0.326 e. The van der Waals surface area contributed by atoms with Crippen molar-refractivity contribution in [1.29, 1.82) is 0 Å². The summed E-state index contributed by atoms with van der Waals surface area (Å²) in [5, 5.41) is 0. The molecular formula is C18H19O5P. The van der Waals surface area contributed by atoms with E-state index in [9.17, 15) is 23.9 Å². The molecular weight excluding hydrogens is 327 g/mol. The number of benzene rings is 2. The summed E-state index contributed by atoms with van der Waals surface area (Å²) in [6, 6.07) is 13.1. The lowest BCUT2D eigenvalue weighted by Crippen LogP contribution is -2.28. The molecule has 0 unspecified atom stereocenters. The van der Waals surface area contributed by atoms with Gasteiger partial charge in [0.2, 0.25) is 0 Å². The smallest absolute Gasteiger partial charge is 0.324 e. The summed E-state index contributed by atoms with van der Waals surface area (Å²) in [4.78, 5) is 43.9. The van der Waals surface area contributed by atoms with E-state index in [0.717, 1.165) is 11.1 Å². The predicted octanol–water partition coefficient (Wildman–Crippen LogP) is 3.16. The van der Waals surface area contributed by atoms with Crippen molar-refractivity contribution < 1.29 is 23.9 Å². The first kappa shape index (κ1) is 18.3. The number of Topliss-reactive ketones (excluding diaryl/α,β-unsaturated/α-hetero) is 2. The van der Waals surface area contributed by atoms with Gasteiger partial charge in [0.25, 0.3) is 0 Å². The minimum Gasteiger partial charge on any atom is -0.324 e. The van der Waals surface area contributed by atoms with Gasteiger partial charge in [-0.05, 0) is 13.8 Å². The van der Waals surface area contributed by atoms with Crippen LogP contribution in [-0.4, -0.2) is 27.5 Å². The fraction of sp³-hybridized carbons (Fsp3) is 0.222. The maximum absolute atomic E-state index is 12.7. The van der Waals surface area contributed by atoms with Gasteiger partial charge in [-0.2, -0.15) is 0 Å². The Morgan fingerprint density at radius 3 is 1.46 bits per heavy atom. The van der Waals surface area contributed by atoms with E-state index >= 15 is 0 Å². The van der Waals surface area contributed by atoms with Crippen molar-refractivity contribution in [2.75, 3.05) is 6.16 Å². The molecule has 0 aromatic heterocycles. The van der Waals surface area contributed by atoms with E-state index in [1.165, 1.54) is 0 Å². The summed E-state index contributed by atoms with van der Waals surface area (Å²) in [7, 11) is -4.53. The number of aryl methyl sites for hydroxylation is 2. The molecule has 6 heteroatoms. The number of carbonyl (C=O) groups is 2. The van der Waals surface area contributed by atoms with E-state index in [1.807, 2.05) is 13.8 Å². The van der Waals surface area contributed by atoms with E-state index in [-0.39, 0.29) is 11.1 Å². The fourth-order valence-corrected chi connectivity index (χ4v) is 3.17. The van der Waals surface area contributed by atoms with E-state index in [1.54, 1.807) is 48.5 Å². The molecule has 5 nitrogen and oxygen atoms in total. The third-order valence-corrected chi connectivity index (χ3v) is 4.57. The van der Waals surface area contributed by atoms with Gasteiger partial charge in [-0.25, -0.2) is 0 Å². The SMILES string of the molecule is Cc1ccc(C(=O)C(CP(=O)(O)O)C(=O)c2ccc(C)cc2)cc1. The van der Waals surface area contributed by atoms with Crippen LogP contribution in [0.3, 0.4) is 0 Å². The van der Waals surface area contributed by atoms with Crippen molar-refractivity contribution in [2.24, 2.45) is 5.92 Å². The van der Waals surface area contributed by atoms with Crippen molar-refractivity contribution in [3.63, 3.8) is 0 Å². The van der Waals surface area contributed by atoms with Crippen molar-refractivity contribution in [3.8, 4) is 0 Å². The fourth-order valence-electron chi connectivity index (χ4n) is 2.36. The minimum atomic E-state index is -4.53. The van der Waals surface area contributed by atoms with E-state index in [2.05, 4.69) is 0 Å². The summed E-state index contributed by atoms with van der Waals surface area (Å²) in [6.07, 6.45) is -0.799. The van der Waals surface area contributed by atoms with Crippen molar-refractivity contribution in [3.05, 3.63) is 70.8 Å². The molecule has 24 heavy (non-hydrogen) atoms. The van der Waals surface area contributed by atoms with Gasteiger partial charge < -0.3 is 9.79 Å². The van der Waals surface area contributed by atoms with Gasteiger partial charge in [0.1, 0.15) is 0 Å². The topological polar surface area (TPSA) is 91.7 Å². The van der Waals surface area contributed by atoms with Crippen LogP contribution in [-0.2, 0) is 4.57 Å². The molecule has 0 aliphatic carbocycles. The highest BCUT2D eigenvalue weighted by atomic mass is 31.2.